The van der Waals surface area contributed by atoms with Crippen molar-refractivity contribution < 1.29 is 22.7 Å². The number of amides is 2. The van der Waals surface area contributed by atoms with Gasteiger partial charge in [0.25, 0.3) is 10.0 Å². The van der Waals surface area contributed by atoms with Gasteiger partial charge in [0.15, 0.2) is 0 Å². The Labute approximate surface area is 151 Å². The molecule has 26 heavy (non-hydrogen) atoms. The summed E-state index contributed by atoms with van der Waals surface area (Å²) in [7, 11) is -2.60. The summed E-state index contributed by atoms with van der Waals surface area (Å²) < 4.78 is 32.0. The third-order valence-corrected chi connectivity index (χ3v) is 5.19. The molecular weight excluding hydrogens is 358 g/mol. The zero-order chi connectivity index (χ0) is 19.3. The summed E-state index contributed by atoms with van der Waals surface area (Å²) in [5, 5.41) is 2.55. The number of sulfonamides is 1. The molecule has 138 valence electrons. The van der Waals surface area contributed by atoms with Crippen LogP contribution in [0.1, 0.15) is 6.92 Å². The predicted molar refractivity (Wildman–Crippen MR) is 97.5 cm³/mol. The van der Waals surface area contributed by atoms with Crippen molar-refractivity contribution in [3.8, 4) is 5.75 Å². The van der Waals surface area contributed by atoms with Crippen molar-refractivity contribution in [3.05, 3.63) is 48.5 Å². The number of hydrogen-bond donors (Lipinski definition) is 2. The maximum atomic E-state index is 13.0. The lowest BCUT2D eigenvalue weighted by molar-refractivity contribution is -0.116. The minimum Gasteiger partial charge on any atom is -0.497 e. The molecule has 8 nitrogen and oxygen atoms in total. The number of benzene rings is 2. The van der Waals surface area contributed by atoms with Gasteiger partial charge in [0, 0.05) is 18.7 Å². The maximum Gasteiger partial charge on any atom is 0.264 e. The molecule has 0 aromatic heterocycles. The van der Waals surface area contributed by atoms with E-state index < -0.39 is 22.5 Å². The molecule has 2 rings (SSSR count). The molecule has 0 radical (unpaired) electrons. The Hall–Kier alpha value is -3.07. The summed E-state index contributed by atoms with van der Waals surface area (Å²) in [5.41, 5.74) is 5.93. The molecule has 0 saturated carbocycles. The minimum atomic E-state index is -4.06. The van der Waals surface area contributed by atoms with Crippen molar-refractivity contribution in [3.63, 3.8) is 0 Å². The zero-order valence-electron chi connectivity index (χ0n) is 14.3. The predicted octanol–water partition coefficient (Wildman–Crippen LogP) is 1.33. The topological polar surface area (TPSA) is 119 Å². The fourth-order valence-electron chi connectivity index (χ4n) is 2.26. The molecule has 0 spiro atoms. The summed E-state index contributed by atoms with van der Waals surface area (Å²) >= 11 is 0. The molecule has 2 aromatic carbocycles. The molecule has 3 N–H and O–H groups in total. The van der Waals surface area contributed by atoms with Gasteiger partial charge in [0.2, 0.25) is 11.8 Å². The normalized spacial score (nSPS) is 10.8. The summed E-state index contributed by atoms with van der Waals surface area (Å²) in [5.74, 6) is -0.633. The van der Waals surface area contributed by atoms with E-state index in [1.165, 1.54) is 50.4 Å². The Morgan fingerprint density at radius 3 is 2.35 bits per heavy atom. The quantitative estimate of drug-likeness (QED) is 0.755. The first-order valence-corrected chi connectivity index (χ1v) is 9.01. The van der Waals surface area contributed by atoms with Gasteiger partial charge in [-0.2, -0.15) is 0 Å². The molecule has 0 bridgehead atoms. The van der Waals surface area contributed by atoms with Crippen molar-refractivity contribution in [2.24, 2.45) is 5.73 Å². The summed E-state index contributed by atoms with van der Waals surface area (Å²) in [6.45, 7) is 0.824. The van der Waals surface area contributed by atoms with Crippen molar-refractivity contribution >= 4 is 33.2 Å². The first-order valence-electron chi connectivity index (χ1n) is 7.57. The highest BCUT2D eigenvalue weighted by atomic mass is 32.2. The van der Waals surface area contributed by atoms with Gasteiger partial charge in [-0.1, -0.05) is 6.07 Å². The zero-order valence-corrected chi connectivity index (χ0v) is 15.1. The van der Waals surface area contributed by atoms with Gasteiger partial charge < -0.3 is 15.8 Å². The van der Waals surface area contributed by atoms with E-state index in [9.17, 15) is 18.0 Å². The number of hydrogen-bond acceptors (Lipinski definition) is 5. The molecule has 0 aliphatic carbocycles. The second kappa shape index (κ2) is 7.87. The minimum absolute atomic E-state index is 0.0457. The van der Waals surface area contributed by atoms with Crippen LogP contribution < -0.4 is 20.1 Å². The first kappa shape index (κ1) is 19.3. The Morgan fingerprint density at radius 2 is 1.81 bits per heavy atom. The lowest BCUT2D eigenvalue weighted by atomic mass is 10.3. The highest BCUT2D eigenvalue weighted by Crippen LogP contribution is 2.27. The molecule has 0 aliphatic heterocycles. The SMILES string of the molecule is COc1cccc(N(CC(N)=O)S(=O)(=O)c2ccc(NC(C)=O)cc2)c1. The van der Waals surface area contributed by atoms with Crippen LogP contribution in [0, 0.1) is 0 Å². The number of ether oxygens (including phenoxy) is 1. The first-order chi connectivity index (χ1) is 12.2. The average molecular weight is 377 g/mol. The van der Waals surface area contributed by atoms with Gasteiger partial charge in [-0.3, -0.25) is 13.9 Å². The summed E-state index contributed by atoms with van der Waals surface area (Å²) in [6, 6.07) is 11.9. The van der Waals surface area contributed by atoms with Crippen molar-refractivity contribution in [2.45, 2.75) is 11.8 Å². The third-order valence-electron chi connectivity index (χ3n) is 3.40. The van der Waals surface area contributed by atoms with Crippen LogP contribution in [-0.2, 0) is 19.6 Å². The average Bonchev–Trinajstić information content (AvgIpc) is 2.59. The Balaban J connectivity index is 2.45. The number of rotatable bonds is 7. The second-order valence-corrected chi connectivity index (χ2v) is 7.25. The Bertz CT molecular complexity index is 910. The van der Waals surface area contributed by atoms with Crippen LogP contribution in [-0.4, -0.2) is 33.9 Å². The molecule has 2 aromatic rings. The van der Waals surface area contributed by atoms with Crippen molar-refractivity contribution in [1.82, 2.24) is 0 Å². The molecule has 0 unspecified atom stereocenters. The van der Waals surface area contributed by atoms with Crippen molar-refractivity contribution in [2.75, 3.05) is 23.3 Å². The number of nitrogens with two attached hydrogens (primary N) is 1. The van der Waals surface area contributed by atoms with Gasteiger partial charge >= 0.3 is 0 Å². The largest absolute Gasteiger partial charge is 0.497 e. The van der Waals surface area contributed by atoms with Crippen molar-refractivity contribution in [1.29, 1.82) is 0 Å². The fraction of sp³-hybridized carbons (Fsp3) is 0.176. The lowest BCUT2D eigenvalue weighted by Gasteiger charge is -2.23. The lowest BCUT2D eigenvalue weighted by Crippen LogP contribution is -2.38. The molecule has 2 amide bonds. The van der Waals surface area contributed by atoms with Gasteiger partial charge in [0.05, 0.1) is 17.7 Å². The number of nitrogens with zero attached hydrogens (tertiary/aromatic N) is 1. The Kier molecular flexibility index (Phi) is 5.83. The fourth-order valence-corrected chi connectivity index (χ4v) is 3.69. The molecule has 0 fully saturated rings. The summed E-state index contributed by atoms with van der Waals surface area (Å²) in [6.07, 6.45) is 0. The van der Waals surface area contributed by atoms with Gasteiger partial charge in [-0.15, -0.1) is 0 Å². The summed E-state index contributed by atoms with van der Waals surface area (Å²) in [4.78, 5) is 22.5. The van der Waals surface area contributed by atoms with E-state index in [-0.39, 0.29) is 16.5 Å². The van der Waals surface area contributed by atoms with Crippen LogP contribution in [0.25, 0.3) is 0 Å². The molecule has 9 heteroatoms. The molecule has 0 saturated heterocycles. The second-order valence-electron chi connectivity index (χ2n) is 5.39. The number of carbonyl (C=O) groups is 2. The van der Waals surface area contributed by atoms with Crippen LogP contribution in [0.5, 0.6) is 5.75 Å². The third kappa shape index (κ3) is 4.51. The van der Waals surface area contributed by atoms with E-state index in [4.69, 9.17) is 10.5 Å². The molecule has 0 aliphatic rings. The van der Waals surface area contributed by atoms with E-state index in [0.29, 0.717) is 11.4 Å². The molecular formula is C17H19N3O5S. The van der Waals surface area contributed by atoms with Gasteiger partial charge in [0.1, 0.15) is 12.3 Å². The number of carbonyl (C=O) groups excluding carboxylic acids is 2. The van der Waals surface area contributed by atoms with E-state index in [1.807, 2.05) is 0 Å². The van der Waals surface area contributed by atoms with Crippen LogP contribution >= 0.6 is 0 Å². The monoisotopic (exact) mass is 377 g/mol. The standard InChI is InChI=1S/C17H19N3O5S/c1-12(21)19-13-6-8-16(9-7-13)26(23,24)20(11-17(18)22)14-4-3-5-15(10-14)25-2/h3-10H,11H2,1-2H3,(H2,18,22)(H,19,21). The van der Waals surface area contributed by atoms with Crippen LogP contribution in [0.3, 0.4) is 0 Å². The maximum absolute atomic E-state index is 13.0. The highest BCUT2D eigenvalue weighted by molar-refractivity contribution is 7.92. The van der Waals surface area contributed by atoms with E-state index in [2.05, 4.69) is 5.32 Å². The van der Waals surface area contributed by atoms with E-state index >= 15 is 0 Å². The van der Waals surface area contributed by atoms with Crippen LogP contribution in [0.4, 0.5) is 11.4 Å². The van der Waals surface area contributed by atoms with E-state index in [0.717, 1.165) is 4.31 Å². The molecule has 0 atom stereocenters. The van der Waals surface area contributed by atoms with Gasteiger partial charge in [-0.05, 0) is 36.4 Å². The van der Waals surface area contributed by atoms with Gasteiger partial charge in [-0.25, -0.2) is 8.42 Å². The number of primary amides is 1. The Morgan fingerprint density at radius 1 is 1.15 bits per heavy atom. The van der Waals surface area contributed by atoms with E-state index in [1.54, 1.807) is 12.1 Å². The molecule has 0 heterocycles. The van der Waals surface area contributed by atoms with Crippen LogP contribution in [0.15, 0.2) is 53.4 Å². The number of anilines is 2. The number of methoxy groups -OCH3 is 1. The van der Waals surface area contributed by atoms with Crippen LogP contribution in [0.2, 0.25) is 0 Å². The highest BCUT2D eigenvalue weighted by Gasteiger charge is 2.26. The smallest absolute Gasteiger partial charge is 0.264 e. The number of nitrogens with one attached hydrogen (secondary N) is 1.